The van der Waals surface area contributed by atoms with Crippen molar-refractivity contribution in [3.63, 3.8) is 0 Å². The van der Waals surface area contributed by atoms with Gasteiger partial charge in [0.05, 0.1) is 17.7 Å². The summed E-state index contributed by atoms with van der Waals surface area (Å²) in [6.45, 7) is 13.1. The quantitative estimate of drug-likeness (QED) is 0.430. The number of nitrogens with one attached hydrogen (secondary N) is 3. The number of fused-ring (bicyclic) bond motifs is 1. The minimum Gasteiger partial charge on any atom is -0.390 e. The molecule has 3 aromatic rings. The second kappa shape index (κ2) is 9.00. The molecule has 3 heterocycles. The van der Waals surface area contributed by atoms with Crippen molar-refractivity contribution in [2.45, 2.75) is 72.6 Å². The highest BCUT2D eigenvalue weighted by molar-refractivity contribution is 5.89. The van der Waals surface area contributed by atoms with Crippen molar-refractivity contribution in [3.8, 4) is 0 Å². The Hall–Kier alpha value is -2.67. The van der Waals surface area contributed by atoms with Gasteiger partial charge in [-0.1, -0.05) is 47.6 Å². The van der Waals surface area contributed by atoms with Crippen LogP contribution in [0.5, 0.6) is 0 Å². The lowest BCUT2D eigenvalue weighted by Gasteiger charge is -2.33. The maximum atomic E-state index is 10.8. The van der Waals surface area contributed by atoms with Gasteiger partial charge < -0.3 is 20.7 Å². The number of aromatic amines is 1. The van der Waals surface area contributed by atoms with Crippen molar-refractivity contribution in [1.29, 1.82) is 0 Å². The summed E-state index contributed by atoms with van der Waals surface area (Å²) in [5, 5.41) is 17.6. The van der Waals surface area contributed by atoms with E-state index in [9.17, 15) is 5.11 Å². The SMILES string of the molecule is CC[C@H](Nc1nc(NCc2cccnc2)c2[nH]cc(C(C)C)c2n1)C(O)C(C)(C)C. The van der Waals surface area contributed by atoms with Gasteiger partial charge in [-0.15, -0.1) is 0 Å². The molecule has 3 aromatic heterocycles. The van der Waals surface area contributed by atoms with Gasteiger partial charge >= 0.3 is 0 Å². The van der Waals surface area contributed by atoms with Gasteiger partial charge in [0.2, 0.25) is 5.95 Å². The zero-order chi connectivity index (χ0) is 21.9. The van der Waals surface area contributed by atoms with E-state index in [2.05, 4.69) is 41.4 Å². The number of pyridine rings is 1. The van der Waals surface area contributed by atoms with E-state index in [1.54, 1.807) is 6.20 Å². The Kier molecular flexibility index (Phi) is 6.61. The number of hydrogen-bond donors (Lipinski definition) is 4. The smallest absolute Gasteiger partial charge is 0.225 e. The van der Waals surface area contributed by atoms with Crippen LogP contribution in [0.3, 0.4) is 0 Å². The Morgan fingerprint density at radius 2 is 1.97 bits per heavy atom. The lowest BCUT2D eigenvalue weighted by molar-refractivity contribution is 0.0451. The highest BCUT2D eigenvalue weighted by atomic mass is 16.3. The molecule has 0 aliphatic rings. The summed E-state index contributed by atoms with van der Waals surface area (Å²) in [6.07, 6.45) is 5.85. The molecule has 0 aliphatic heterocycles. The van der Waals surface area contributed by atoms with Gasteiger partial charge in [0, 0.05) is 25.1 Å². The fraction of sp³-hybridized carbons (Fsp3) is 0.522. The van der Waals surface area contributed by atoms with E-state index in [4.69, 9.17) is 9.97 Å². The Labute approximate surface area is 178 Å². The first-order chi connectivity index (χ1) is 14.2. The van der Waals surface area contributed by atoms with Gasteiger partial charge in [0.25, 0.3) is 0 Å². The van der Waals surface area contributed by atoms with E-state index >= 15 is 0 Å². The summed E-state index contributed by atoms with van der Waals surface area (Å²) in [5.41, 5.74) is 3.76. The predicted molar refractivity (Wildman–Crippen MR) is 123 cm³/mol. The van der Waals surface area contributed by atoms with E-state index in [1.165, 1.54) is 0 Å². The van der Waals surface area contributed by atoms with Crippen molar-refractivity contribution in [2.75, 3.05) is 10.6 Å². The molecule has 0 bridgehead atoms. The lowest BCUT2D eigenvalue weighted by atomic mass is 9.84. The molecule has 0 saturated heterocycles. The van der Waals surface area contributed by atoms with Crippen LogP contribution in [-0.2, 0) is 6.54 Å². The molecule has 0 spiro atoms. The third-order valence-corrected chi connectivity index (χ3v) is 5.38. The molecule has 30 heavy (non-hydrogen) atoms. The van der Waals surface area contributed by atoms with Crippen molar-refractivity contribution < 1.29 is 5.11 Å². The maximum absolute atomic E-state index is 10.8. The summed E-state index contributed by atoms with van der Waals surface area (Å²) in [7, 11) is 0. The molecule has 4 N–H and O–H groups in total. The molecular weight excluding hydrogens is 376 g/mol. The number of nitrogens with zero attached hydrogens (tertiary/aromatic N) is 3. The second-order valence-electron chi connectivity index (χ2n) is 9.20. The van der Waals surface area contributed by atoms with Crippen LogP contribution in [0.2, 0.25) is 0 Å². The number of anilines is 2. The molecule has 1 unspecified atom stereocenters. The van der Waals surface area contributed by atoms with Crippen molar-refractivity contribution in [2.24, 2.45) is 5.41 Å². The largest absolute Gasteiger partial charge is 0.390 e. The topological polar surface area (TPSA) is 98.8 Å². The van der Waals surface area contributed by atoms with Crippen LogP contribution in [0.1, 0.15) is 65.0 Å². The maximum Gasteiger partial charge on any atom is 0.225 e. The van der Waals surface area contributed by atoms with Gasteiger partial charge in [-0.2, -0.15) is 4.98 Å². The molecule has 0 radical (unpaired) electrons. The molecule has 7 nitrogen and oxygen atoms in total. The zero-order valence-corrected chi connectivity index (χ0v) is 18.8. The highest BCUT2D eigenvalue weighted by Crippen LogP contribution is 2.30. The molecule has 162 valence electrons. The lowest BCUT2D eigenvalue weighted by Crippen LogP contribution is -2.42. The van der Waals surface area contributed by atoms with Crippen LogP contribution in [0.25, 0.3) is 11.0 Å². The van der Waals surface area contributed by atoms with E-state index in [-0.39, 0.29) is 11.5 Å². The summed E-state index contributed by atoms with van der Waals surface area (Å²) in [4.78, 5) is 17.1. The number of H-pyrrole nitrogens is 1. The first-order valence-electron chi connectivity index (χ1n) is 10.7. The molecular formula is C23H34N6O. The van der Waals surface area contributed by atoms with Crippen LogP contribution in [0.15, 0.2) is 30.7 Å². The van der Waals surface area contributed by atoms with E-state index < -0.39 is 6.10 Å². The molecule has 0 aromatic carbocycles. The molecule has 0 amide bonds. The Bertz CT molecular complexity index is 961. The third-order valence-electron chi connectivity index (χ3n) is 5.38. The van der Waals surface area contributed by atoms with Crippen molar-refractivity contribution in [3.05, 3.63) is 41.9 Å². The average molecular weight is 411 g/mol. The number of aliphatic hydroxyl groups excluding tert-OH is 1. The first kappa shape index (κ1) is 22.0. The molecule has 0 fully saturated rings. The normalized spacial score (nSPS) is 14.1. The Morgan fingerprint density at radius 1 is 1.20 bits per heavy atom. The molecule has 2 atom stereocenters. The minimum absolute atomic E-state index is 0.143. The van der Waals surface area contributed by atoms with E-state index in [0.29, 0.717) is 18.4 Å². The monoisotopic (exact) mass is 410 g/mol. The van der Waals surface area contributed by atoms with Crippen molar-refractivity contribution >= 4 is 22.8 Å². The number of aromatic nitrogens is 4. The van der Waals surface area contributed by atoms with Crippen LogP contribution >= 0.6 is 0 Å². The molecule has 0 aliphatic carbocycles. The first-order valence-corrected chi connectivity index (χ1v) is 10.7. The fourth-order valence-electron chi connectivity index (χ4n) is 3.52. The van der Waals surface area contributed by atoms with Crippen LogP contribution in [0, 0.1) is 5.41 Å². The van der Waals surface area contributed by atoms with Crippen molar-refractivity contribution in [1.82, 2.24) is 19.9 Å². The summed E-state index contributed by atoms with van der Waals surface area (Å²) >= 11 is 0. The molecule has 7 heteroatoms. The summed E-state index contributed by atoms with van der Waals surface area (Å²) < 4.78 is 0. The van der Waals surface area contributed by atoms with Gasteiger partial charge in [-0.05, 0) is 34.9 Å². The molecule has 0 saturated carbocycles. The Balaban J connectivity index is 1.96. The predicted octanol–water partition coefficient (Wildman–Crippen LogP) is 4.69. The average Bonchev–Trinajstić information content (AvgIpc) is 3.14. The number of aliphatic hydroxyl groups is 1. The van der Waals surface area contributed by atoms with Gasteiger partial charge in [0.1, 0.15) is 5.52 Å². The second-order valence-corrected chi connectivity index (χ2v) is 9.20. The standard InChI is InChI=1S/C23H34N6O/c1-7-17(20(30)23(4,5)6)27-22-28-18-16(14(2)3)13-25-19(18)21(29-22)26-12-15-9-8-10-24-11-15/h8-11,13-14,17,20,25,30H,7,12H2,1-6H3,(H2,26,27,28,29)/t17-,20?/m0/s1. The van der Waals surface area contributed by atoms with Gasteiger partial charge in [0.15, 0.2) is 5.82 Å². The van der Waals surface area contributed by atoms with E-state index in [0.717, 1.165) is 34.4 Å². The van der Waals surface area contributed by atoms with Crippen LogP contribution in [-0.4, -0.2) is 37.2 Å². The van der Waals surface area contributed by atoms with Crippen LogP contribution in [0.4, 0.5) is 11.8 Å². The number of hydrogen-bond acceptors (Lipinski definition) is 6. The van der Waals surface area contributed by atoms with Crippen LogP contribution < -0.4 is 10.6 Å². The Morgan fingerprint density at radius 3 is 2.57 bits per heavy atom. The minimum atomic E-state index is -0.524. The fourth-order valence-corrected chi connectivity index (χ4v) is 3.52. The number of rotatable bonds is 8. The third kappa shape index (κ3) is 4.90. The summed E-state index contributed by atoms with van der Waals surface area (Å²) in [5.74, 6) is 1.58. The van der Waals surface area contributed by atoms with Gasteiger partial charge in [-0.25, -0.2) is 4.98 Å². The zero-order valence-electron chi connectivity index (χ0n) is 18.8. The molecule has 3 rings (SSSR count). The highest BCUT2D eigenvalue weighted by Gasteiger charge is 2.30. The summed E-state index contributed by atoms with van der Waals surface area (Å²) in [6, 6.07) is 3.80. The van der Waals surface area contributed by atoms with E-state index in [1.807, 2.05) is 45.3 Å². The van der Waals surface area contributed by atoms with Gasteiger partial charge in [-0.3, -0.25) is 4.98 Å².